The molecule has 0 aliphatic heterocycles. The Morgan fingerprint density at radius 1 is 1.27 bits per heavy atom. The minimum atomic E-state index is -0.697. The summed E-state index contributed by atoms with van der Waals surface area (Å²) in [5.74, 6) is 2.88. The van der Waals surface area contributed by atoms with Crippen molar-refractivity contribution in [3.05, 3.63) is 58.6 Å². The van der Waals surface area contributed by atoms with E-state index in [4.69, 9.17) is 27.5 Å². The molecule has 0 amide bonds. The van der Waals surface area contributed by atoms with E-state index in [1.165, 1.54) is 7.11 Å². The van der Waals surface area contributed by atoms with E-state index in [1.54, 1.807) is 36.4 Å². The first kappa shape index (κ1) is 19.8. The van der Waals surface area contributed by atoms with E-state index in [-0.39, 0.29) is 18.1 Å². The van der Waals surface area contributed by atoms with Crippen LogP contribution in [0.2, 0.25) is 5.02 Å². The number of carbonyl (C=O) groups is 1. The number of aromatic hydroxyl groups is 1. The lowest BCUT2D eigenvalue weighted by atomic mass is 9.99. The second kappa shape index (κ2) is 9.86. The lowest BCUT2D eigenvalue weighted by Crippen LogP contribution is -2.16. The highest BCUT2D eigenvalue weighted by Crippen LogP contribution is 2.27. The third-order valence-corrected chi connectivity index (χ3v) is 4.18. The zero-order valence-electron chi connectivity index (χ0n) is 14.6. The summed E-state index contributed by atoms with van der Waals surface area (Å²) in [7, 11) is 1.50. The number of benzene rings is 2. The van der Waals surface area contributed by atoms with Gasteiger partial charge in [-0.25, -0.2) is 0 Å². The second-order valence-electron chi connectivity index (χ2n) is 5.77. The Morgan fingerprint density at radius 3 is 2.65 bits per heavy atom. The Bertz CT molecular complexity index is 778. The van der Waals surface area contributed by atoms with Gasteiger partial charge in [0.25, 0.3) is 0 Å². The van der Waals surface area contributed by atoms with Crippen LogP contribution in [-0.2, 0) is 16.0 Å². The summed E-state index contributed by atoms with van der Waals surface area (Å²) in [6.07, 6.45) is 6.24. The van der Waals surface area contributed by atoms with Gasteiger partial charge in [-0.15, -0.1) is 6.42 Å². The Labute approximate surface area is 158 Å². The van der Waals surface area contributed by atoms with Crippen molar-refractivity contribution in [3.63, 3.8) is 0 Å². The number of phenols is 1. The number of phenolic OH excluding ortho intramolecular Hbond substituents is 1. The SMILES string of the molecule is C#CCOC(C(=O)CCCc1ccc(O)c(OC)c1)c1ccc(Cl)cc1. The van der Waals surface area contributed by atoms with Crippen molar-refractivity contribution in [2.45, 2.75) is 25.4 Å². The van der Waals surface area contributed by atoms with E-state index in [0.29, 0.717) is 30.0 Å². The molecule has 2 aromatic rings. The van der Waals surface area contributed by atoms with Gasteiger partial charge in [0.2, 0.25) is 0 Å². The summed E-state index contributed by atoms with van der Waals surface area (Å²) in [6.45, 7) is 0.0637. The molecule has 0 heterocycles. The predicted molar refractivity (Wildman–Crippen MR) is 102 cm³/mol. The van der Waals surface area contributed by atoms with Crippen molar-refractivity contribution in [1.29, 1.82) is 0 Å². The molecule has 0 spiro atoms. The molecule has 1 N–H and O–H groups in total. The first-order valence-corrected chi connectivity index (χ1v) is 8.62. The van der Waals surface area contributed by atoms with Gasteiger partial charge in [0, 0.05) is 11.4 Å². The number of terminal acetylenes is 1. The predicted octanol–water partition coefficient (Wildman–Crippen LogP) is 4.34. The van der Waals surface area contributed by atoms with E-state index < -0.39 is 6.10 Å². The van der Waals surface area contributed by atoms with Crippen molar-refractivity contribution in [1.82, 2.24) is 0 Å². The molecule has 0 aromatic heterocycles. The topological polar surface area (TPSA) is 55.8 Å². The molecule has 0 aliphatic carbocycles. The summed E-state index contributed by atoms with van der Waals surface area (Å²) in [5.41, 5.74) is 1.72. The van der Waals surface area contributed by atoms with Gasteiger partial charge in [-0.2, -0.15) is 0 Å². The van der Waals surface area contributed by atoms with Gasteiger partial charge in [0.15, 0.2) is 17.3 Å². The average molecular weight is 373 g/mol. The molecule has 0 saturated heterocycles. The highest BCUT2D eigenvalue weighted by atomic mass is 35.5. The third kappa shape index (κ3) is 5.52. The number of Topliss-reactive ketones (excluding diaryl/α,β-unsaturated/α-hetero) is 1. The van der Waals surface area contributed by atoms with Crippen LogP contribution in [0.15, 0.2) is 42.5 Å². The van der Waals surface area contributed by atoms with Crippen LogP contribution in [0.3, 0.4) is 0 Å². The highest BCUT2D eigenvalue weighted by molar-refractivity contribution is 6.30. The van der Waals surface area contributed by atoms with Crippen LogP contribution in [0.5, 0.6) is 11.5 Å². The number of aryl methyl sites for hydroxylation is 1. The van der Waals surface area contributed by atoms with E-state index in [9.17, 15) is 9.90 Å². The molecule has 0 aliphatic rings. The van der Waals surface area contributed by atoms with Crippen LogP contribution in [0.25, 0.3) is 0 Å². The van der Waals surface area contributed by atoms with Gasteiger partial charge >= 0.3 is 0 Å². The number of hydrogen-bond donors (Lipinski definition) is 1. The van der Waals surface area contributed by atoms with Gasteiger partial charge in [0.1, 0.15) is 12.7 Å². The fourth-order valence-corrected chi connectivity index (χ4v) is 2.75. The molecule has 1 atom stereocenters. The molecule has 0 fully saturated rings. The molecule has 5 heteroatoms. The smallest absolute Gasteiger partial charge is 0.166 e. The molecule has 0 bridgehead atoms. The van der Waals surface area contributed by atoms with E-state index in [1.807, 2.05) is 6.07 Å². The van der Waals surface area contributed by atoms with Crippen LogP contribution in [0, 0.1) is 12.3 Å². The molecular weight excluding hydrogens is 352 g/mol. The van der Waals surface area contributed by atoms with Gasteiger partial charge in [-0.05, 0) is 48.2 Å². The number of ketones is 1. The van der Waals surface area contributed by atoms with Crippen LogP contribution in [0.4, 0.5) is 0 Å². The van der Waals surface area contributed by atoms with Crippen molar-refractivity contribution in [3.8, 4) is 23.8 Å². The normalized spacial score (nSPS) is 11.6. The van der Waals surface area contributed by atoms with Crippen molar-refractivity contribution < 1.29 is 19.4 Å². The van der Waals surface area contributed by atoms with E-state index in [0.717, 1.165) is 11.1 Å². The molecule has 2 aromatic carbocycles. The monoisotopic (exact) mass is 372 g/mol. The van der Waals surface area contributed by atoms with Crippen molar-refractivity contribution >= 4 is 17.4 Å². The number of halogens is 1. The second-order valence-corrected chi connectivity index (χ2v) is 6.21. The Morgan fingerprint density at radius 2 is 2.00 bits per heavy atom. The Hall–Kier alpha value is -2.48. The van der Waals surface area contributed by atoms with Crippen LogP contribution in [-0.4, -0.2) is 24.6 Å². The molecule has 2 rings (SSSR count). The summed E-state index contributed by atoms with van der Waals surface area (Å²) in [5, 5.41) is 10.2. The molecule has 1 unspecified atom stereocenters. The number of hydrogen-bond acceptors (Lipinski definition) is 4. The standard InChI is InChI=1S/C21H21ClO4/c1-3-13-26-21(16-8-10-17(22)11-9-16)19(24)6-4-5-15-7-12-18(23)20(14-15)25-2/h1,7-12,14,21,23H,4-6,13H2,2H3. The van der Waals surface area contributed by atoms with Crippen molar-refractivity contribution in [2.24, 2.45) is 0 Å². The number of ether oxygens (including phenoxy) is 2. The Kier molecular flexibility index (Phi) is 7.53. The van der Waals surface area contributed by atoms with Gasteiger partial charge in [-0.1, -0.05) is 35.7 Å². The van der Waals surface area contributed by atoms with Gasteiger partial charge < -0.3 is 14.6 Å². The number of carbonyl (C=O) groups excluding carboxylic acids is 1. The molecule has 136 valence electrons. The molecule has 26 heavy (non-hydrogen) atoms. The minimum absolute atomic E-state index is 0.0340. The first-order chi connectivity index (χ1) is 12.5. The fraction of sp³-hybridized carbons (Fsp3) is 0.286. The highest BCUT2D eigenvalue weighted by Gasteiger charge is 2.20. The maximum absolute atomic E-state index is 12.6. The maximum atomic E-state index is 12.6. The summed E-state index contributed by atoms with van der Waals surface area (Å²) >= 11 is 5.90. The zero-order chi connectivity index (χ0) is 18.9. The van der Waals surface area contributed by atoms with E-state index >= 15 is 0 Å². The quantitative estimate of drug-likeness (QED) is 0.665. The van der Waals surface area contributed by atoms with Gasteiger partial charge in [0.05, 0.1) is 7.11 Å². The molecular formula is C21H21ClO4. The Balaban J connectivity index is 1.98. The lowest BCUT2D eigenvalue weighted by molar-refractivity contribution is -0.130. The van der Waals surface area contributed by atoms with Crippen LogP contribution >= 0.6 is 11.6 Å². The third-order valence-electron chi connectivity index (χ3n) is 3.93. The zero-order valence-corrected chi connectivity index (χ0v) is 15.3. The minimum Gasteiger partial charge on any atom is -0.504 e. The van der Waals surface area contributed by atoms with Gasteiger partial charge in [-0.3, -0.25) is 4.79 Å². The molecule has 0 radical (unpaired) electrons. The fourth-order valence-electron chi connectivity index (χ4n) is 2.62. The summed E-state index contributed by atoms with van der Waals surface area (Å²) < 4.78 is 10.6. The maximum Gasteiger partial charge on any atom is 0.166 e. The van der Waals surface area contributed by atoms with E-state index in [2.05, 4.69) is 5.92 Å². The van der Waals surface area contributed by atoms with Crippen molar-refractivity contribution in [2.75, 3.05) is 13.7 Å². The number of methoxy groups -OCH3 is 1. The lowest BCUT2D eigenvalue weighted by Gasteiger charge is -2.16. The summed E-state index contributed by atoms with van der Waals surface area (Å²) in [4.78, 5) is 12.6. The largest absolute Gasteiger partial charge is 0.504 e. The van der Waals surface area contributed by atoms with Crippen LogP contribution < -0.4 is 4.74 Å². The van der Waals surface area contributed by atoms with Crippen LogP contribution in [0.1, 0.15) is 30.1 Å². The summed E-state index contributed by atoms with van der Waals surface area (Å²) in [6, 6.07) is 12.2. The molecule has 4 nitrogen and oxygen atoms in total. The molecule has 0 saturated carbocycles. The first-order valence-electron chi connectivity index (χ1n) is 8.24. The number of rotatable bonds is 9. The average Bonchev–Trinajstić information content (AvgIpc) is 2.64.